The number of methoxy groups -OCH3 is 1. The zero-order valence-corrected chi connectivity index (χ0v) is 15.1. The normalized spacial score (nSPS) is 49.3. The number of rotatable bonds is 1. The summed E-state index contributed by atoms with van der Waals surface area (Å²) in [6.45, 7) is 4.91. The Labute approximate surface area is 140 Å². The van der Waals surface area contributed by atoms with Gasteiger partial charge in [-0.1, -0.05) is 19.9 Å². The first-order valence-corrected chi connectivity index (χ1v) is 9.42. The van der Waals surface area contributed by atoms with Crippen molar-refractivity contribution < 1.29 is 9.53 Å². The molecule has 0 aromatic heterocycles. The number of fused-ring (bicyclic) bond motifs is 5. The quantitative estimate of drug-likeness (QED) is 0.732. The third-order valence-electron chi connectivity index (χ3n) is 8.22. The van der Waals surface area contributed by atoms with E-state index < -0.39 is 0 Å². The molecule has 6 unspecified atom stereocenters. The number of ether oxygens (including phenoxy) is 1. The second kappa shape index (κ2) is 5.08. The van der Waals surface area contributed by atoms with Crippen LogP contribution >= 0.6 is 0 Å². The highest BCUT2D eigenvalue weighted by molar-refractivity contribution is 5.79. The van der Waals surface area contributed by atoms with Gasteiger partial charge in [0.05, 0.1) is 6.10 Å². The minimum atomic E-state index is 0.206. The molecule has 3 aliphatic carbocycles. The molecule has 3 fully saturated rings. The predicted molar refractivity (Wildman–Crippen MR) is 90.7 cm³/mol. The maximum Gasteiger partial charge on any atom is 0.226 e. The van der Waals surface area contributed by atoms with Crippen LogP contribution in [-0.2, 0) is 9.53 Å². The molecule has 4 aliphatic rings. The molecule has 0 aromatic rings. The van der Waals surface area contributed by atoms with Crippen LogP contribution in [-0.4, -0.2) is 31.1 Å². The SMILES string of the molecule is COC1CCC2C3CC=C4N(C)C(=O)CCC4(C)C3CCC12C. The topological polar surface area (TPSA) is 29.5 Å². The van der Waals surface area contributed by atoms with E-state index in [2.05, 4.69) is 19.9 Å². The van der Waals surface area contributed by atoms with Crippen molar-refractivity contribution in [3.8, 4) is 0 Å². The molecule has 3 heteroatoms. The van der Waals surface area contributed by atoms with Gasteiger partial charge in [-0.3, -0.25) is 4.79 Å². The maximum absolute atomic E-state index is 12.1. The highest BCUT2D eigenvalue weighted by Gasteiger charge is 2.59. The first-order chi connectivity index (χ1) is 10.9. The van der Waals surface area contributed by atoms with Gasteiger partial charge in [0.2, 0.25) is 5.91 Å². The fourth-order valence-corrected chi connectivity index (χ4v) is 6.92. The van der Waals surface area contributed by atoms with Crippen LogP contribution in [0.5, 0.6) is 0 Å². The molecular formula is C20H31NO2. The Balaban J connectivity index is 1.69. The monoisotopic (exact) mass is 317 g/mol. The van der Waals surface area contributed by atoms with Crippen molar-refractivity contribution in [2.45, 2.75) is 64.9 Å². The lowest BCUT2D eigenvalue weighted by atomic mass is 9.49. The van der Waals surface area contributed by atoms with Crippen LogP contribution in [0.25, 0.3) is 0 Å². The van der Waals surface area contributed by atoms with Crippen LogP contribution in [0.15, 0.2) is 11.8 Å². The molecule has 1 heterocycles. The molecule has 6 atom stereocenters. The molecule has 1 saturated heterocycles. The van der Waals surface area contributed by atoms with Gasteiger partial charge in [-0.2, -0.15) is 0 Å². The molecule has 1 aliphatic heterocycles. The van der Waals surface area contributed by atoms with E-state index in [0.717, 1.165) is 37.0 Å². The minimum absolute atomic E-state index is 0.206. The van der Waals surface area contributed by atoms with Crippen LogP contribution in [0, 0.1) is 28.6 Å². The summed E-state index contributed by atoms with van der Waals surface area (Å²) in [5.41, 5.74) is 1.89. The Hall–Kier alpha value is -0.830. The molecule has 128 valence electrons. The third-order valence-corrected chi connectivity index (χ3v) is 8.22. The molecule has 0 N–H and O–H groups in total. The van der Waals surface area contributed by atoms with Gasteiger partial charge in [0, 0.05) is 31.7 Å². The average Bonchev–Trinajstić information content (AvgIpc) is 2.88. The van der Waals surface area contributed by atoms with Gasteiger partial charge >= 0.3 is 0 Å². The smallest absolute Gasteiger partial charge is 0.226 e. The van der Waals surface area contributed by atoms with Crippen LogP contribution in [0.2, 0.25) is 0 Å². The van der Waals surface area contributed by atoms with Crippen molar-refractivity contribution in [1.82, 2.24) is 4.90 Å². The van der Waals surface area contributed by atoms with E-state index in [1.54, 1.807) is 0 Å². The first-order valence-electron chi connectivity index (χ1n) is 9.42. The standard InChI is InChI=1S/C20H31NO2/c1-19-12-10-18(22)21(3)16(19)7-5-13-14-6-8-17(23-4)20(14,2)11-9-15(13)19/h7,13-15,17H,5-6,8-12H2,1-4H3. The number of piperidine rings is 1. The fourth-order valence-electron chi connectivity index (χ4n) is 6.92. The minimum Gasteiger partial charge on any atom is -0.381 e. The Morgan fingerprint density at radius 1 is 1.17 bits per heavy atom. The summed E-state index contributed by atoms with van der Waals surface area (Å²) < 4.78 is 5.86. The van der Waals surface area contributed by atoms with E-state index in [1.165, 1.54) is 31.4 Å². The summed E-state index contributed by atoms with van der Waals surface area (Å²) in [4.78, 5) is 14.1. The Morgan fingerprint density at radius 3 is 2.70 bits per heavy atom. The molecule has 23 heavy (non-hydrogen) atoms. The molecule has 0 aromatic carbocycles. The average molecular weight is 317 g/mol. The van der Waals surface area contributed by atoms with Gasteiger partial charge in [-0.25, -0.2) is 0 Å². The highest BCUT2D eigenvalue weighted by Crippen LogP contribution is 2.64. The van der Waals surface area contributed by atoms with Crippen LogP contribution in [0.3, 0.4) is 0 Å². The van der Waals surface area contributed by atoms with Gasteiger partial charge in [0.1, 0.15) is 0 Å². The molecule has 4 rings (SSSR count). The van der Waals surface area contributed by atoms with Crippen molar-refractivity contribution in [2.24, 2.45) is 28.6 Å². The van der Waals surface area contributed by atoms with Gasteiger partial charge in [0.15, 0.2) is 0 Å². The number of allylic oxidation sites excluding steroid dienone is 2. The number of carbonyl (C=O) groups excluding carboxylic acids is 1. The summed E-state index contributed by atoms with van der Waals surface area (Å²) in [6, 6.07) is 0. The summed E-state index contributed by atoms with van der Waals surface area (Å²) in [6.07, 6.45) is 10.9. The molecule has 0 radical (unpaired) electrons. The lowest BCUT2D eigenvalue weighted by Crippen LogP contribution is -2.54. The summed E-state index contributed by atoms with van der Waals surface area (Å²) >= 11 is 0. The van der Waals surface area contributed by atoms with Gasteiger partial charge in [-0.05, 0) is 61.7 Å². The molecule has 2 saturated carbocycles. The van der Waals surface area contributed by atoms with Gasteiger partial charge in [0.25, 0.3) is 0 Å². The number of nitrogens with zero attached hydrogens (tertiary/aromatic N) is 1. The van der Waals surface area contributed by atoms with E-state index in [9.17, 15) is 4.79 Å². The van der Waals surface area contributed by atoms with Crippen molar-refractivity contribution in [2.75, 3.05) is 14.2 Å². The van der Waals surface area contributed by atoms with E-state index in [-0.39, 0.29) is 5.41 Å². The second-order valence-electron chi connectivity index (χ2n) is 8.92. The lowest BCUT2D eigenvalue weighted by molar-refractivity contribution is -0.136. The molecule has 1 amide bonds. The number of hydrogen-bond acceptors (Lipinski definition) is 2. The molecule has 0 bridgehead atoms. The third kappa shape index (κ3) is 1.95. The van der Waals surface area contributed by atoms with Gasteiger partial charge < -0.3 is 9.64 Å². The number of amides is 1. The van der Waals surface area contributed by atoms with Crippen molar-refractivity contribution >= 4 is 5.91 Å². The van der Waals surface area contributed by atoms with Crippen molar-refractivity contribution in [3.05, 3.63) is 11.8 Å². The summed E-state index contributed by atoms with van der Waals surface area (Å²) in [5, 5.41) is 0. The second-order valence-corrected chi connectivity index (χ2v) is 8.92. The summed E-state index contributed by atoms with van der Waals surface area (Å²) in [7, 11) is 3.88. The van der Waals surface area contributed by atoms with E-state index >= 15 is 0 Å². The summed E-state index contributed by atoms with van der Waals surface area (Å²) in [5.74, 6) is 2.62. The van der Waals surface area contributed by atoms with E-state index in [0.29, 0.717) is 17.4 Å². The largest absolute Gasteiger partial charge is 0.381 e. The van der Waals surface area contributed by atoms with E-state index in [1.807, 2.05) is 19.1 Å². The van der Waals surface area contributed by atoms with Crippen LogP contribution < -0.4 is 0 Å². The number of hydrogen-bond donors (Lipinski definition) is 0. The number of likely N-dealkylation sites (tertiary alicyclic amines) is 1. The van der Waals surface area contributed by atoms with Crippen LogP contribution in [0.1, 0.15) is 58.8 Å². The number of carbonyl (C=O) groups is 1. The van der Waals surface area contributed by atoms with Crippen molar-refractivity contribution in [3.63, 3.8) is 0 Å². The first kappa shape index (κ1) is 15.7. The zero-order valence-electron chi connectivity index (χ0n) is 15.1. The zero-order chi connectivity index (χ0) is 16.4. The fraction of sp³-hybridized carbons (Fsp3) is 0.850. The van der Waals surface area contributed by atoms with E-state index in [4.69, 9.17) is 4.74 Å². The van der Waals surface area contributed by atoms with Crippen LogP contribution in [0.4, 0.5) is 0 Å². The molecule has 3 nitrogen and oxygen atoms in total. The van der Waals surface area contributed by atoms with Gasteiger partial charge in [-0.15, -0.1) is 0 Å². The molecule has 0 spiro atoms. The Morgan fingerprint density at radius 2 is 1.96 bits per heavy atom. The Bertz CT molecular complexity index is 556. The lowest BCUT2D eigenvalue weighted by Gasteiger charge is -2.58. The predicted octanol–water partition coefficient (Wildman–Crippen LogP) is 3.99. The highest BCUT2D eigenvalue weighted by atomic mass is 16.5. The van der Waals surface area contributed by atoms with Crippen molar-refractivity contribution in [1.29, 1.82) is 0 Å². The molecular weight excluding hydrogens is 286 g/mol. The Kier molecular flexibility index (Phi) is 3.46. The maximum atomic E-state index is 12.1.